The fraction of sp³-hybridized carbons (Fsp3) is 0.791. The van der Waals surface area contributed by atoms with Crippen molar-refractivity contribution < 1.29 is 14.4 Å². The lowest BCUT2D eigenvalue weighted by Crippen LogP contribution is -2.67. The molecule has 6 saturated carbocycles. The van der Waals surface area contributed by atoms with Crippen molar-refractivity contribution in [2.75, 3.05) is 6.54 Å². The van der Waals surface area contributed by atoms with E-state index in [0.29, 0.717) is 52.6 Å². The van der Waals surface area contributed by atoms with E-state index >= 15 is 4.79 Å². The highest BCUT2D eigenvalue weighted by Crippen LogP contribution is 2.79. The molecule has 0 bridgehead atoms. The molecule has 1 saturated heterocycles. The molecule has 0 spiro atoms. The van der Waals surface area contributed by atoms with Crippen LogP contribution in [0.4, 0.5) is 0 Å². The average molecular weight is 668 g/mol. The van der Waals surface area contributed by atoms with Crippen LogP contribution in [0, 0.1) is 62.1 Å². The minimum Gasteiger partial charge on any atom is -0.393 e. The first-order valence-corrected chi connectivity index (χ1v) is 20.2. The second kappa shape index (κ2) is 10.7. The number of benzene rings is 1. The summed E-state index contributed by atoms with van der Waals surface area (Å²) in [4.78, 5) is 22.6. The smallest absolute Gasteiger partial charge is 0.249 e. The highest BCUT2D eigenvalue weighted by atomic mass is 16.5. The maximum atomic E-state index is 15.5. The van der Waals surface area contributed by atoms with E-state index in [1.165, 1.54) is 51.4 Å². The first-order valence-electron chi connectivity index (χ1n) is 20.2. The zero-order valence-electron chi connectivity index (χ0n) is 31.1. The topological polar surface area (TPSA) is 79.5 Å². The van der Waals surface area contributed by atoms with Gasteiger partial charge < -0.3 is 14.5 Å². The molecule has 9 rings (SSSR count). The van der Waals surface area contributed by atoms with E-state index in [4.69, 9.17) is 9.51 Å². The largest absolute Gasteiger partial charge is 0.393 e. The predicted molar refractivity (Wildman–Crippen MR) is 191 cm³/mol. The van der Waals surface area contributed by atoms with Gasteiger partial charge >= 0.3 is 0 Å². The van der Waals surface area contributed by atoms with Crippen molar-refractivity contribution in [2.24, 2.45) is 62.1 Å². The van der Waals surface area contributed by atoms with Crippen LogP contribution in [-0.4, -0.2) is 38.7 Å². The van der Waals surface area contributed by atoms with Gasteiger partial charge in [-0.1, -0.05) is 77.0 Å². The Labute approximate surface area is 294 Å². The number of aliphatic hydroxyl groups excluding tert-OH is 1. The summed E-state index contributed by atoms with van der Waals surface area (Å²) in [6.45, 7) is 16.1. The Balaban J connectivity index is 1.06. The van der Waals surface area contributed by atoms with Gasteiger partial charge in [0.25, 0.3) is 0 Å². The molecule has 1 aliphatic heterocycles. The predicted octanol–water partition coefficient (Wildman–Crippen LogP) is 9.64. The summed E-state index contributed by atoms with van der Waals surface area (Å²) >= 11 is 0. The number of hydrogen-bond donors (Lipinski definition) is 1. The monoisotopic (exact) mass is 667 g/mol. The third kappa shape index (κ3) is 4.31. The standard InChI is InChI=1S/C43H61N3O3/c1-38(2)31-17-20-42(6)32(40(31,4)19-18-33(38)47)15-14-29-34-28(39(3)22-23-39)16-21-43(34,25-24-41(29,42)5)37(48)46-26-10-13-30(46)36-44-35(45-49-36)27-11-8-7-9-12-27/h7-9,11-12,28-34,47H,10,13-26H2,1-6H3/t28-,29-,30-,31+,32-,33?,34-,40+,41-,42-,43?/m1/s1. The van der Waals surface area contributed by atoms with Crippen LogP contribution in [0.25, 0.3) is 11.4 Å². The number of amides is 1. The molecule has 49 heavy (non-hydrogen) atoms. The molecule has 6 aliphatic carbocycles. The molecule has 1 aromatic heterocycles. The van der Waals surface area contributed by atoms with Crippen molar-refractivity contribution in [3.8, 4) is 11.4 Å². The number of fused-ring (bicyclic) bond motifs is 7. The van der Waals surface area contributed by atoms with Gasteiger partial charge in [0.1, 0.15) is 6.04 Å². The lowest BCUT2D eigenvalue weighted by molar-refractivity contribution is -0.249. The summed E-state index contributed by atoms with van der Waals surface area (Å²) in [6, 6.07) is 9.93. The normalized spacial score (nSPS) is 46.3. The minimum absolute atomic E-state index is 0.0240. The molecule has 6 nitrogen and oxygen atoms in total. The van der Waals surface area contributed by atoms with Crippen LogP contribution >= 0.6 is 0 Å². The quantitative estimate of drug-likeness (QED) is 0.351. The highest BCUT2D eigenvalue weighted by molar-refractivity contribution is 5.84. The van der Waals surface area contributed by atoms with E-state index < -0.39 is 0 Å². The van der Waals surface area contributed by atoms with Gasteiger partial charge in [-0.25, -0.2) is 0 Å². The average Bonchev–Trinajstić information content (AvgIpc) is 3.48. The molecule has 11 atom stereocenters. The number of aromatic nitrogens is 2. The molecular weight excluding hydrogens is 606 g/mol. The Morgan fingerprint density at radius 3 is 2.33 bits per heavy atom. The molecule has 7 aliphatic rings. The molecule has 1 N–H and O–H groups in total. The van der Waals surface area contributed by atoms with Crippen LogP contribution in [0.3, 0.4) is 0 Å². The third-order valence-electron chi connectivity index (χ3n) is 18.0. The van der Waals surface area contributed by atoms with E-state index in [0.717, 1.165) is 50.6 Å². The molecule has 2 heterocycles. The summed E-state index contributed by atoms with van der Waals surface area (Å²) in [5, 5.41) is 15.5. The second-order valence-electron chi connectivity index (χ2n) is 20.0. The first-order chi connectivity index (χ1) is 23.3. The van der Waals surface area contributed by atoms with E-state index in [1.54, 1.807) is 0 Å². The van der Waals surface area contributed by atoms with Crippen LogP contribution < -0.4 is 0 Å². The van der Waals surface area contributed by atoms with Gasteiger partial charge in [0.2, 0.25) is 17.6 Å². The van der Waals surface area contributed by atoms with Gasteiger partial charge in [-0.15, -0.1) is 0 Å². The van der Waals surface area contributed by atoms with Crippen molar-refractivity contribution in [3.63, 3.8) is 0 Å². The number of rotatable bonds is 4. The Hall–Kier alpha value is -2.21. The molecule has 6 heteroatoms. The maximum Gasteiger partial charge on any atom is 0.249 e. The SMILES string of the molecule is CC1([C@@H]2CCC3(C(=O)N4CCC[C@@H]4c4nc(-c5ccccc5)no4)CC[C@]4(C)[C@H](CC[C@@H]5[C@@]6(C)CCC(O)C(C)(C)[C@@H]6CC[C@]54C)[C@@H]23)CC1. The van der Waals surface area contributed by atoms with Crippen LogP contribution in [0.1, 0.15) is 143 Å². The van der Waals surface area contributed by atoms with E-state index in [9.17, 15) is 5.11 Å². The Kier molecular flexibility index (Phi) is 7.12. The van der Waals surface area contributed by atoms with Crippen molar-refractivity contribution in [1.29, 1.82) is 0 Å². The van der Waals surface area contributed by atoms with Crippen LogP contribution in [-0.2, 0) is 4.79 Å². The van der Waals surface area contributed by atoms with E-state index in [1.807, 2.05) is 30.3 Å². The molecule has 1 amide bonds. The van der Waals surface area contributed by atoms with Crippen molar-refractivity contribution in [3.05, 3.63) is 36.2 Å². The lowest BCUT2D eigenvalue weighted by atomic mass is 9.32. The molecule has 2 aromatic rings. The van der Waals surface area contributed by atoms with Gasteiger partial charge in [-0.05, 0) is 147 Å². The number of hydrogen-bond acceptors (Lipinski definition) is 5. The van der Waals surface area contributed by atoms with Crippen molar-refractivity contribution >= 4 is 5.91 Å². The lowest BCUT2D eigenvalue weighted by Gasteiger charge is -2.73. The van der Waals surface area contributed by atoms with E-state index in [2.05, 4.69) is 51.6 Å². The fourth-order valence-corrected chi connectivity index (χ4v) is 14.9. The van der Waals surface area contributed by atoms with Crippen molar-refractivity contribution in [2.45, 2.75) is 144 Å². The highest BCUT2D eigenvalue weighted by Gasteiger charge is 2.73. The van der Waals surface area contributed by atoms with Crippen molar-refractivity contribution in [1.82, 2.24) is 15.0 Å². The number of aliphatic hydroxyl groups is 1. The molecule has 266 valence electrons. The Bertz CT molecular complexity index is 1610. The molecule has 7 fully saturated rings. The molecule has 2 unspecified atom stereocenters. The number of carbonyl (C=O) groups excluding carboxylic acids is 1. The van der Waals surface area contributed by atoms with Crippen LogP contribution in [0.15, 0.2) is 34.9 Å². The number of nitrogens with zero attached hydrogens (tertiary/aromatic N) is 3. The molecule has 1 aromatic carbocycles. The minimum atomic E-state index is -0.271. The van der Waals surface area contributed by atoms with Gasteiger partial charge in [-0.2, -0.15) is 4.98 Å². The Morgan fingerprint density at radius 1 is 0.796 bits per heavy atom. The number of likely N-dealkylation sites (tertiary alicyclic amines) is 1. The van der Waals surface area contributed by atoms with Gasteiger partial charge in [0, 0.05) is 12.1 Å². The summed E-state index contributed by atoms with van der Waals surface area (Å²) < 4.78 is 5.94. The molecular formula is C43H61N3O3. The summed E-state index contributed by atoms with van der Waals surface area (Å²) in [6.07, 6.45) is 16.0. The Morgan fingerprint density at radius 2 is 1.57 bits per heavy atom. The van der Waals surface area contributed by atoms with Gasteiger partial charge in [-0.3, -0.25) is 4.79 Å². The first kappa shape index (κ1) is 32.7. The van der Waals surface area contributed by atoms with Gasteiger partial charge in [0.05, 0.1) is 11.5 Å². The fourth-order valence-electron chi connectivity index (χ4n) is 14.9. The van der Waals surface area contributed by atoms with Crippen LogP contribution in [0.5, 0.6) is 0 Å². The third-order valence-corrected chi connectivity index (χ3v) is 18.0. The summed E-state index contributed by atoms with van der Waals surface area (Å²) in [5.41, 5.74) is 1.83. The second-order valence-corrected chi connectivity index (χ2v) is 20.0. The van der Waals surface area contributed by atoms with Gasteiger partial charge in [0.15, 0.2) is 0 Å². The summed E-state index contributed by atoms with van der Waals surface area (Å²) in [5.74, 6) is 4.61. The zero-order valence-corrected chi connectivity index (χ0v) is 31.1. The van der Waals surface area contributed by atoms with Crippen LogP contribution in [0.2, 0.25) is 0 Å². The number of carbonyl (C=O) groups is 1. The molecule has 0 radical (unpaired) electrons. The zero-order chi connectivity index (χ0) is 34.2. The maximum absolute atomic E-state index is 15.5. The summed E-state index contributed by atoms with van der Waals surface area (Å²) in [7, 11) is 0. The van der Waals surface area contributed by atoms with E-state index in [-0.39, 0.29) is 39.2 Å².